The molecule has 1 amide bonds. The molecular formula is C23H32N2O3S. The Morgan fingerprint density at radius 2 is 1.79 bits per heavy atom. The summed E-state index contributed by atoms with van der Waals surface area (Å²) < 4.78 is 5.04. The van der Waals surface area contributed by atoms with Crippen molar-refractivity contribution in [2.24, 2.45) is 23.7 Å². The maximum absolute atomic E-state index is 12.8. The minimum atomic E-state index is -0.332. The van der Waals surface area contributed by atoms with Crippen LogP contribution in [0.1, 0.15) is 72.7 Å². The molecule has 2 N–H and O–H groups in total. The Labute approximate surface area is 177 Å². The number of methoxy groups -OCH3 is 1. The molecule has 1 aromatic rings. The molecule has 0 saturated heterocycles. The first-order valence-electron chi connectivity index (χ1n) is 11.2. The van der Waals surface area contributed by atoms with Crippen LogP contribution in [0.2, 0.25) is 0 Å². The Morgan fingerprint density at radius 3 is 2.41 bits per heavy atom. The minimum absolute atomic E-state index is 0.0439. The van der Waals surface area contributed by atoms with Gasteiger partial charge in [0.05, 0.1) is 19.2 Å². The van der Waals surface area contributed by atoms with Crippen molar-refractivity contribution in [2.75, 3.05) is 19.0 Å². The second-order valence-electron chi connectivity index (χ2n) is 10.1. The lowest BCUT2D eigenvalue weighted by Gasteiger charge is -2.57. The number of rotatable bonds is 5. The quantitative estimate of drug-likeness (QED) is 0.708. The molecule has 0 aromatic carbocycles. The highest BCUT2D eigenvalue weighted by atomic mass is 32.1. The van der Waals surface area contributed by atoms with Gasteiger partial charge in [-0.3, -0.25) is 4.79 Å². The van der Waals surface area contributed by atoms with Crippen LogP contribution in [0.5, 0.6) is 0 Å². The van der Waals surface area contributed by atoms with Crippen molar-refractivity contribution in [3.8, 4) is 0 Å². The first-order chi connectivity index (χ1) is 13.9. The summed E-state index contributed by atoms with van der Waals surface area (Å²) in [5.41, 5.74) is 1.84. The lowest BCUT2D eigenvalue weighted by molar-refractivity contribution is -0.116. The molecule has 5 aliphatic rings. The fourth-order valence-corrected chi connectivity index (χ4v) is 8.34. The van der Waals surface area contributed by atoms with Gasteiger partial charge in [0.25, 0.3) is 0 Å². The molecule has 5 aliphatic carbocycles. The van der Waals surface area contributed by atoms with E-state index in [1.807, 2.05) is 0 Å². The zero-order chi connectivity index (χ0) is 20.2. The molecule has 0 unspecified atom stereocenters. The number of hydrogen-bond acceptors (Lipinski definition) is 5. The fraction of sp³-hybridized carbons (Fsp3) is 0.739. The lowest BCUT2D eigenvalue weighted by atomic mass is 9.53. The van der Waals surface area contributed by atoms with Crippen molar-refractivity contribution in [3.05, 3.63) is 16.0 Å². The second-order valence-corrected chi connectivity index (χ2v) is 11.3. The van der Waals surface area contributed by atoms with E-state index in [4.69, 9.17) is 4.74 Å². The number of thiophene rings is 1. The van der Waals surface area contributed by atoms with Gasteiger partial charge in [0.2, 0.25) is 5.91 Å². The van der Waals surface area contributed by atoms with Gasteiger partial charge in [-0.2, -0.15) is 0 Å². The molecule has 0 spiro atoms. The van der Waals surface area contributed by atoms with E-state index in [1.165, 1.54) is 50.5 Å². The number of nitrogens with one attached hydrogen (secondary N) is 2. The minimum Gasteiger partial charge on any atom is -0.465 e. The molecule has 5 nitrogen and oxygen atoms in total. The van der Waals surface area contributed by atoms with E-state index in [-0.39, 0.29) is 17.4 Å². The third kappa shape index (κ3) is 3.63. The van der Waals surface area contributed by atoms with E-state index in [1.54, 1.807) is 11.3 Å². The largest absolute Gasteiger partial charge is 0.465 e. The molecule has 6 rings (SSSR count). The summed E-state index contributed by atoms with van der Waals surface area (Å²) in [6, 6.07) is 0. The Bertz CT molecular complexity index is 795. The van der Waals surface area contributed by atoms with Crippen LogP contribution in [0.25, 0.3) is 0 Å². The second kappa shape index (κ2) is 7.38. The highest BCUT2D eigenvalue weighted by Crippen LogP contribution is 2.55. The van der Waals surface area contributed by atoms with Crippen molar-refractivity contribution in [3.63, 3.8) is 0 Å². The van der Waals surface area contributed by atoms with E-state index < -0.39 is 0 Å². The van der Waals surface area contributed by atoms with Gasteiger partial charge in [0, 0.05) is 10.4 Å². The molecule has 4 fully saturated rings. The van der Waals surface area contributed by atoms with Gasteiger partial charge in [-0.05, 0) is 87.0 Å². The number of amides is 1. The number of carbonyl (C=O) groups is 2. The summed E-state index contributed by atoms with van der Waals surface area (Å²) >= 11 is 1.56. The first-order valence-corrected chi connectivity index (χ1v) is 12.0. The fourth-order valence-electron chi connectivity index (χ4n) is 6.92. The Morgan fingerprint density at radius 1 is 1.14 bits per heavy atom. The molecule has 6 heteroatoms. The number of ether oxygens (including phenoxy) is 1. The van der Waals surface area contributed by atoms with Crippen LogP contribution in [0.15, 0.2) is 0 Å². The van der Waals surface area contributed by atoms with Crippen LogP contribution in [-0.2, 0) is 22.4 Å². The van der Waals surface area contributed by atoms with E-state index in [0.717, 1.165) is 42.6 Å². The van der Waals surface area contributed by atoms with E-state index in [0.29, 0.717) is 23.0 Å². The van der Waals surface area contributed by atoms with E-state index in [2.05, 4.69) is 17.6 Å². The molecule has 0 aliphatic heterocycles. The predicted molar refractivity (Wildman–Crippen MR) is 114 cm³/mol. The Balaban J connectivity index is 1.28. The van der Waals surface area contributed by atoms with Gasteiger partial charge in [-0.25, -0.2) is 4.79 Å². The summed E-state index contributed by atoms with van der Waals surface area (Å²) in [6.45, 7) is 2.57. The Kier molecular flexibility index (Phi) is 4.98. The van der Waals surface area contributed by atoms with Crippen LogP contribution in [-0.4, -0.2) is 31.1 Å². The SMILES string of the molecule is COC(=O)c1c(NC(=O)CNC23CC4CC(CC(C4)C2)C3)sc2c1CC[C@@H](C)C2. The van der Waals surface area contributed by atoms with Crippen molar-refractivity contribution in [1.82, 2.24) is 5.32 Å². The average molecular weight is 417 g/mol. The molecule has 29 heavy (non-hydrogen) atoms. The number of esters is 1. The van der Waals surface area contributed by atoms with Gasteiger partial charge in [-0.1, -0.05) is 6.92 Å². The number of fused-ring (bicyclic) bond motifs is 1. The maximum Gasteiger partial charge on any atom is 0.341 e. The van der Waals surface area contributed by atoms with Crippen LogP contribution in [0.4, 0.5) is 5.00 Å². The summed E-state index contributed by atoms with van der Waals surface area (Å²) in [5, 5.41) is 7.38. The Hall–Kier alpha value is -1.40. The average Bonchev–Trinajstić information content (AvgIpc) is 3.01. The van der Waals surface area contributed by atoms with E-state index in [9.17, 15) is 9.59 Å². The summed E-state index contributed by atoms with van der Waals surface area (Å²) in [4.78, 5) is 26.5. The molecule has 1 heterocycles. The summed E-state index contributed by atoms with van der Waals surface area (Å²) in [7, 11) is 1.41. The highest BCUT2D eigenvalue weighted by molar-refractivity contribution is 7.17. The smallest absolute Gasteiger partial charge is 0.341 e. The maximum atomic E-state index is 12.8. The molecule has 4 bridgehead atoms. The number of carbonyl (C=O) groups excluding carboxylic acids is 2. The third-order valence-electron chi connectivity index (χ3n) is 7.82. The normalized spacial score (nSPS) is 34.7. The molecule has 0 radical (unpaired) electrons. The molecule has 1 aromatic heterocycles. The van der Waals surface area contributed by atoms with Crippen molar-refractivity contribution < 1.29 is 14.3 Å². The molecule has 4 saturated carbocycles. The first kappa shape index (κ1) is 19.6. The van der Waals surface area contributed by atoms with Crippen LogP contribution in [0.3, 0.4) is 0 Å². The predicted octanol–water partition coefficient (Wildman–Crippen LogP) is 4.16. The zero-order valence-corrected chi connectivity index (χ0v) is 18.3. The van der Waals surface area contributed by atoms with E-state index >= 15 is 0 Å². The van der Waals surface area contributed by atoms with Crippen LogP contribution < -0.4 is 10.6 Å². The monoisotopic (exact) mass is 416 g/mol. The zero-order valence-electron chi connectivity index (χ0n) is 17.5. The third-order valence-corrected chi connectivity index (χ3v) is 8.99. The van der Waals surface area contributed by atoms with Crippen LogP contribution >= 0.6 is 11.3 Å². The highest BCUT2D eigenvalue weighted by Gasteiger charge is 2.50. The van der Waals surface area contributed by atoms with Gasteiger partial charge in [0.15, 0.2) is 0 Å². The number of anilines is 1. The van der Waals surface area contributed by atoms with Crippen molar-refractivity contribution in [1.29, 1.82) is 0 Å². The standard InChI is InChI=1S/C23H32N2O3S/c1-13-3-4-17-18(5-13)29-21(20(17)22(27)28-2)25-19(26)12-24-23-9-14-6-15(10-23)8-16(7-14)11-23/h13-16,24H,3-12H2,1-2H3,(H,25,26)/t13-,14?,15?,16?,23?/m1/s1. The van der Waals surface area contributed by atoms with Crippen LogP contribution in [0, 0.1) is 23.7 Å². The lowest BCUT2D eigenvalue weighted by Crippen LogP contribution is -2.59. The molecule has 158 valence electrons. The van der Waals surface area contributed by atoms with Crippen molar-refractivity contribution in [2.45, 2.75) is 70.3 Å². The van der Waals surface area contributed by atoms with Crippen molar-refractivity contribution >= 4 is 28.2 Å². The van der Waals surface area contributed by atoms with Gasteiger partial charge >= 0.3 is 5.97 Å². The molecular weight excluding hydrogens is 384 g/mol. The topological polar surface area (TPSA) is 67.4 Å². The summed E-state index contributed by atoms with van der Waals surface area (Å²) in [5.74, 6) is 2.81. The number of hydrogen-bond donors (Lipinski definition) is 2. The van der Waals surface area contributed by atoms with Gasteiger partial charge < -0.3 is 15.4 Å². The summed E-state index contributed by atoms with van der Waals surface area (Å²) in [6.07, 6.45) is 10.8. The van der Waals surface area contributed by atoms with Gasteiger partial charge in [0.1, 0.15) is 5.00 Å². The molecule has 1 atom stereocenters. The van der Waals surface area contributed by atoms with Gasteiger partial charge in [-0.15, -0.1) is 11.3 Å².